The molecule has 0 saturated heterocycles. The number of nitrogens with one attached hydrogen (secondary N) is 2. The molecule has 6 aromatic carbocycles. The topological polar surface area (TPSA) is 190 Å². The highest BCUT2D eigenvalue weighted by Crippen LogP contribution is 2.49. The molecule has 0 spiro atoms. The van der Waals surface area contributed by atoms with E-state index in [-0.39, 0.29) is 62.3 Å². The van der Waals surface area contributed by atoms with Crippen molar-refractivity contribution in [2.45, 2.75) is 87.5 Å². The number of nitrogens with two attached hydrogens (primary N) is 1. The molecule has 6 aromatic rings. The van der Waals surface area contributed by atoms with Gasteiger partial charge in [0.25, 0.3) is 10.0 Å². The van der Waals surface area contributed by atoms with Gasteiger partial charge < -0.3 is 30.5 Å². The van der Waals surface area contributed by atoms with E-state index in [1.165, 1.54) is 4.90 Å². The first-order valence-corrected chi connectivity index (χ1v) is 27.1. The average Bonchev–Trinajstić information content (AvgIpc) is 3.89. The third kappa shape index (κ3) is 11.3. The Hall–Kier alpha value is -7.10. The second kappa shape index (κ2) is 22.3. The van der Waals surface area contributed by atoms with E-state index in [0.717, 1.165) is 50.1 Å². The highest BCUT2D eigenvalue weighted by molar-refractivity contribution is 8.00. The van der Waals surface area contributed by atoms with Crippen molar-refractivity contribution in [1.82, 2.24) is 14.9 Å². The summed E-state index contributed by atoms with van der Waals surface area (Å²) in [5, 5.41) is 13.5. The fourth-order valence-corrected chi connectivity index (χ4v) is 13.4. The maximum atomic E-state index is 14.6. The molecule has 380 valence electrons. The number of hydrogen-bond donors (Lipinski definition) is 4. The molecule has 2 aliphatic rings. The minimum Gasteiger partial charge on any atom is -0.487 e. The molecule has 15 heteroatoms. The van der Waals surface area contributed by atoms with Crippen LogP contribution in [0.15, 0.2) is 149 Å². The van der Waals surface area contributed by atoms with Crippen LogP contribution in [0.3, 0.4) is 0 Å². The van der Waals surface area contributed by atoms with Crippen LogP contribution >= 0.6 is 11.8 Å². The summed E-state index contributed by atoms with van der Waals surface area (Å²) in [5.74, 6) is -1.15. The molecule has 0 saturated carbocycles. The molecule has 2 amide bonds. The Morgan fingerprint density at radius 1 is 0.822 bits per heavy atom. The van der Waals surface area contributed by atoms with Gasteiger partial charge in [0.15, 0.2) is 0 Å². The number of nitrogens with zero attached hydrogens (tertiary/aromatic N) is 2. The minimum absolute atomic E-state index is 0.0227. The van der Waals surface area contributed by atoms with Gasteiger partial charge in [-0.1, -0.05) is 140 Å². The van der Waals surface area contributed by atoms with Crippen LogP contribution in [0.1, 0.15) is 89.1 Å². The molecule has 0 bridgehead atoms. The molecule has 1 atom stereocenters. The smallest absolute Gasteiger partial charge is 0.407 e. The summed E-state index contributed by atoms with van der Waals surface area (Å²) < 4.78 is 41.4. The van der Waals surface area contributed by atoms with E-state index in [4.69, 9.17) is 15.2 Å². The molecule has 13 nitrogen and oxygen atoms in total. The van der Waals surface area contributed by atoms with E-state index in [1.807, 2.05) is 112 Å². The van der Waals surface area contributed by atoms with Gasteiger partial charge in [0.1, 0.15) is 24.0 Å². The van der Waals surface area contributed by atoms with E-state index in [1.54, 1.807) is 25.6 Å². The molecule has 5 N–H and O–H groups in total. The van der Waals surface area contributed by atoms with Crippen LogP contribution in [0.25, 0.3) is 11.1 Å². The van der Waals surface area contributed by atoms with Crippen LogP contribution in [-0.4, -0.2) is 86.0 Å². The highest BCUT2D eigenvalue weighted by Gasteiger charge is 2.39. The molecule has 0 unspecified atom stereocenters. The van der Waals surface area contributed by atoms with Crippen molar-refractivity contribution in [2.24, 2.45) is 10.7 Å². The van der Waals surface area contributed by atoms with Crippen LogP contribution in [0.5, 0.6) is 5.75 Å². The van der Waals surface area contributed by atoms with Crippen LogP contribution in [0.4, 0.5) is 4.79 Å². The number of aliphatic imine (C=N–C) groups is 1. The number of amides is 2. The zero-order valence-electron chi connectivity index (χ0n) is 41.9. The van der Waals surface area contributed by atoms with E-state index in [9.17, 15) is 27.9 Å². The van der Waals surface area contributed by atoms with Crippen LogP contribution in [-0.2, 0) is 35.5 Å². The lowest BCUT2D eigenvalue weighted by Gasteiger charge is -2.36. The Balaban J connectivity index is 0.977. The van der Waals surface area contributed by atoms with Gasteiger partial charge in [-0.3, -0.25) is 9.79 Å². The molecule has 1 heterocycles. The average molecular weight is 1020 g/mol. The van der Waals surface area contributed by atoms with E-state index >= 15 is 0 Å². The number of carbonyl (C=O) groups excluding carboxylic acids is 2. The number of guanidine groups is 1. The fourth-order valence-electron chi connectivity index (χ4n) is 10.4. The van der Waals surface area contributed by atoms with Crippen molar-refractivity contribution in [3.05, 3.63) is 190 Å². The number of aliphatic carboxylic acids is 1. The largest absolute Gasteiger partial charge is 0.487 e. The summed E-state index contributed by atoms with van der Waals surface area (Å²) in [4.78, 5) is 46.8. The number of hydrogen-bond acceptors (Lipinski definition) is 9. The summed E-state index contributed by atoms with van der Waals surface area (Å²) >= 11 is 1.59. The molecule has 0 aromatic heterocycles. The lowest BCUT2D eigenvalue weighted by atomic mass is 9.84. The van der Waals surface area contributed by atoms with Gasteiger partial charge in [0, 0.05) is 49.7 Å². The number of benzene rings is 6. The van der Waals surface area contributed by atoms with Crippen molar-refractivity contribution in [3.8, 4) is 16.9 Å². The van der Waals surface area contributed by atoms with Crippen LogP contribution in [0.2, 0.25) is 0 Å². The Kier molecular flexibility index (Phi) is 16.0. The molecule has 73 heavy (non-hydrogen) atoms. The van der Waals surface area contributed by atoms with E-state index < -0.39 is 44.4 Å². The summed E-state index contributed by atoms with van der Waals surface area (Å²) in [6.07, 6.45) is -0.0706. The number of fused-ring (bicyclic) bond motifs is 4. The second-order valence-electron chi connectivity index (χ2n) is 19.1. The standard InChI is InChI=1S/C58H63N5O8S2/c1-38-39(2)53(40(3)48-36-57(4,5)71-52(38)48)73(68,69)62-55(59)60-32-19-30-50(54(65)66)63(34-33-61-56(67)70-37-49-46-28-17-15-26-44(46)45-27-16-18-29-47(45)49)51(64)31-35-72-58(41-20-9-6-10-21-41,42-22-11-7-12-23-42)43-24-13-8-14-25-43/h6-18,20-29,49-50H,19,30-37H2,1-5H3,(H,61,67)(H,65,66)(H3,59,60,62)/t50-/m0/s1. The quantitative estimate of drug-likeness (QED) is 0.0248. The second-order valence-corrected chi connectivity index (χ2v) is 22.1. The molecular weight excluding hydrogens is 959 g/mol. The van der Waals surface area contributed by atoms with Gasteiger partial charge in [-0.2, -0.15) is 0 Å². The molecule has 8 rings (SSSR count). The number of carboxylic acids is 1. The van der Waals surface area contributed by atoms with E-state index in [0.29, 0.717) is 29.1 Å². The van der Waals surface area contributed by atoms with E-state index in [2.05, 4.69) is 63.6 Å². The first-order valence-electron chi connectivity index (χ1n) is 24.6. The monoisotopic (exact) mass is 1020 g/mol. The van der Waals surface area contributed by atoms with Gasteiger partial charge >= 0.3 is 12.1 Å². The normalized spacial score (nSPS) is 14.3. The predicted molar refractivity (Wildman–Crippen MR) is 288 cm³/mol. The molecule has 1 aliphatic heterocycles. The van der Waals surface area contributed by atoms with Crippen LogP contribution < -0.4 is 20.5 Å². The SMILES string of the molecule is Cc1c(C)c(S(=O)(=O)NC(N)=NCCC[C@@H](C(=O)O)N(CCNC(=O)OCC2c3ccccc3-c3ccccc32)C(=O)CCSC(c2ccccc2)(c2ccccc2)c2ccccc2)c(C)c2c1OC(C)(C)C2. The minimum atomic E-state index is -4.17. The lowest BCUT2D eigenvalue weighted by molar-refractivity contribution is -0.150. The van der Waals surface area contributed by atoms with Gasteiger partial charge in [0.2, 0.25) is 11.9 Å². The number of sulfonamides is 1. The Morgan fingerprint density at radius 2 is 1.36 bits per heavy atom. The Morgan fingerprint density at radius 3 is 1.90 bits per heavy atom. The number of thioether (sulfide) groups is 1. The maximum absolute atomic E-state index is 14.6. The maximum Gasteiger partial charge on any atom is 0.407 e. The summed E-state index contributed by atoms with van der Waals surface area (Å²) in [6.45, 7) is 9.08. The molecule has 1 aliphatic carbocycles. The van der Waals surface area contributed by atoms with Gasteiger partial charge in [-0.25, -0.2) is 22.7 Å². The molecule has 0 radical (unpaired) electrons. The Bertz CT molecular complexity index is 2970. The van der Waals surface area contributed by atoms with Gasteiger partial charge in [0.05, 0.1) is 9.64 Å². The fraction of sp³-hybridized carbons (Fsp3) is 0.310. The molecule has 0 fully saturated rings. The third-order valence-electron chi connectivity index (χ3n) is 13.8. The summed E-state index contributed by atoms with van der Waals surface area (Å²) in [5.41, 5.74) is 15.8. The highest BCUT2D eigenvalue weighted by atomic mass is 32.2. The predicted octanol–water partition coefficient (Wildman–Crippen LogP) is 9.63. The number of carboxylic acid groups (broad SMARTS) is 1. The zero-order chi connectivity index (χ0) is 51.9. The third-order valence-corrected chi connectivity index (χ3v) is 17.0. The lowest BCUT2D eigenvalue weighted by Crippen LogP contribution is -2.48. The van der Waals surface area contributed by atoms with Crippen molar-refractivity contribution in [2.75, 3.05) is 32.0 Å². The van der Waals surface area contributed by atoms with Crippen molar-refractivity contribution in [1.29, 1.82) is 0 Å². The van der Waals surface area contributed by atoms with Crippen molar-refractivity contribution < 1.29 is 37.4 Å². The molecular formula is C58H63N5O8S2. The Labute approximate surface area is 432 Å². The first kappa shape index (κ1) is 52.2. The number of alkyl carbamates (subject to hydrolysis) is 1. The zero-order valence-corrected chi connectivity index (χ0v) is 43.5. The first-order chi connectivity index (χ1) is 35.0. The number of ether oxygens (including phenoxy) is 2. The van der Waals surface area contributed by atoms with Gasteiger partial charge in [-0.15, -0.1) is 11.8 Å². The number of carbonyl (C=O) groups is 3. The summed E-state index contributed by atoms with van der Waals surface area (Å²) in [6, 6.07) is 45.0. The van der Waals surface area contributed by atoms with Crippen LogP contribution in [0, 0.1) is 20.8 Å². The number of rotatable bonds is 20. The summed E-state index contributed by atoms with van der Waals surface area (Å²) in [7, 11) is -4.17. The van der Waals surface area contributed by atoms with Crippen molar-refractivity contribution in [3.63, 3.8) is 0 Å². The van der Waals surface area contributed by atoms with Gasteiger partial charge in [-0.05, 0) is 103 Å². The van der Waals surface area contributed by atoms with Crippen molar-refractivity contribution >= 4 is 45.7 Å².